The zero-order valence-electron chi connectivity index (χ0n) is 14.9. The molecule has 4 aliphatic carbocycles. The summed E-state index contributed by atoms with van der Waals surface area (Å²) < 4.78 is 0. The molecule has 3 heteroatoms. The number of aliphatic hydroxyl groups is 3. The maximum atomic E-state index is 11.1. The zero-order chi connectivity index (χ0) is 16.6. The smallest absolute Gasteiger partial charge is 0.0602 e. The minimum atomic E-state index is -0.245. The van der Waals surface area contributed by atoms with Crippen molar-refractivity contribution in [3.05, 3.63) is 0 Å². The Morgan fingerprint density at radius 3 is 2.35 bits per heavy atom. The van der Waals surface area contributed by atoms with Crippen LogP contribution in [0.3, 0.4) is 0 Å². The summed E-state index contributed by atoms with van der Waals surface area (Å²) in [5, 5.41) is 32.2. The van der Waals surface area contributed by atoms with Gasteiger partial charge >= 0.3 is 0 Å². The number of rotatable bonds is 0. The number of fused-ring (bicyclic) bond motifs is 5. The van der Waals surface area contributed by atoms with Crippen LogP contribution in [0.5, 0.6) is 0 Å². The Kier molecular flexibility index (Phi) is 3.69. The van der Waals surface area contributed by atoms with Crippen molar-refractivity contribution in [2.75, 3.05) is 0 Å². The average Bonchev–Trinajstić information content (AvgIpc) is 2.80. The molecule has 4 fully saturated rings. The van der Waals surface area contributed by atoms with E-state index in [-0.39, 0.29) is 29.1 Å². The average molecular weight is 322 g/mol. The first-order valence-electron chi connectivity index (χ1n) is 9.82. The summed E-state index contributed by atoms with van der Waals surface area (Å²) in [5.41, 5.74) is 0.177. The normalized spacial score (nSPS) is 62.3. The molecule has 23 heavy (non-hydrogen) atoms. The van der Waals surface area contributed by atoms with Gasteiger partial charge in [-0.25, -0.2) is 0 Å². The summed E-state index contributed by atoms with van der Waals surface area (Å²) >= 11 is 0. The van der Waals surface area contributed by atoms with Gasteiger partial charge in [0.05, 0.1) is 18.3 Å². The molecule has 0 aliphatic heterocycles. The zero-order valence-corrected chi connectivity index (χ0v) is 14.9. The van der Waals surface area contributed by atoms with Crippen molar-refractivity contribution in [1.29, 1.82) is 0 Å². The monoisotopic (exact) mass is 322 g/mol. The molecule has 0 bridgehead atoms. The van der Waals surface area contributed by atoms with Crippen LogP contribution in [0.15, 0.2) is 0 Å². The van der Waals surface area contributed by atoms with Gasteiger partial charge < -0.3 is 15.3 Å². The quantitative estimate of drug-likeness (QED) is 0.642. The van der Waals surface area contributed by atoms with Crippen LogP contribution in [0.25, 0.3) is 0 Å². The van der Waals surface area contributed by atoms with Gasteiger partial charge in [-0.05, 0) is 85.4 Å². The molecule has 3 N–H and O–H groups in total. The van der Waals surface area contributed by atoms with Gasteiger partial charge in [0.1, 0.15) is 0 Å². The highest BCUT2D eigenvalue weighted by molar-refractivity contribution is 5.13. The highest BCUT2D eigenvalue weighted by atomic mass is 16.3. The second kappa shape index (κ2) is 5.19. The summed E-state index contributed by atoms with van der Waals surface area (Å²) in [6, 6.07) is 0. The molecular formula is C20H34O3. The Morgan fingerprint density at radius 2 is 1.61 bits per heavy atom. The fourth-order valence-electron chi connectivity index (χ4n) is 7.48. The standard InChI is InChI=1S/C20H34O3/c1-11-4-5-14-18-15(10-17(23)20(11,14)3)19(2)7-6-13(21)8-12(19)9-16(18)22/h11-18,21-23H,4-10H2,1-3H3/t11-,12?,13+,14?,15?,16+,17-,18?,19?,20?/m0/s1. The van der Waals surface area contributed by atoms with Gasteiger partial charge in [-0.1, -0.05) is 20.8 Å². The van der Waals surface area contributed by atoms with Crippen LogP contribution in [0.4, 0.5) is 0 Å². The molecule has 0 aromatic rings. The van der Waals surface area contributed by atoms with Gasteiger partial charge in [-0.15, -0.1) is 0 Å². The molecule has 0 radical (unpaired) electrons. The van der Waals surface area contributed by atoms with Gasteiger partial charge in [-0.3, -0.25) is 0 Å². The predicted molar refractivity (Wildman–Crippen MR) is 89.7 cm³/mol. The van der Waals surface area contributed by atoms with E-state index in [0.29, 0.717) is 29.6 Å². The molecule has 0 saturated heterocycles. The van der Waals surface area contributed by atoms with E-state index >= 15 is 0 Å². The first-order chi connectivity index (χ1) is 10.8. The van der Waals surface area contributed by atoms with E-state index in [1.54, 1.807) is 0 Å². The van der Waals surface area contributed by atoms with Crippen molar-refractivity contribution in [2.45, 2.75) is 84.0 Å². The van der Waals surface area contributed by atoms with Crippen LogP contribution >= 0.6 is 0 Å². The molecule has 4 saturated carbocycles. The van der Waals surface area contributed by atoms with E-state index in [1.807, 2.05) is 0 Å². The van der Waals surface area contributed by atoms with E-state index in [9.17, 15) is 15.3 Å². The third-order valence-corrected chi connectivity index (χ3v) is 9.22. The van der Waals surface area contributed by atoms with Crippen LogP contribution in [0.2, 0.25) is 0 Å². The van der Waals surface area contributed by atoms with Crippen LogP contribution < -0.4 is 0 Å². The Morgan fingerprint density at radius 1 is 0.870 bits per heavy atom. The van der Waals surface area contributed by atoms with Crippen molar-refractivity contribution >= 4 is 0 Å². The predicted octanol–water partition coefficient (Wildman–Crippen LogP) is 2.97. The topological polar surface area (TPSA) is 60.7 Å². The lowest BCUT2D eigenvalue weighted by molar-refractivity contribution is -0.203. The lowest BCUT2D eigenvalue weighted by atomic mass is 9.43. The number of hydrogen-bond donors (Lipinski definition) is 3. The molecule has 0 amide bonds. The third-order valence-electron chi connectivity index (χ3n) is 9.22. The van der Waals surface area contributed by atoms with Crippen LogP contribution in [0.1, 0.15) is 65.7 Å². The number of hydrogen-bond acceptors (Lipinski definition) is 3. The molecule has 132 valence electrons. The Labute approximate surface area is 140 Å². The Bertz CT molecular complexity index is 480. The molecule has 0 aromatic carbocycles. The molecule has 0 spiro atoms. The summed E-state index contributed by atoms with van der Waals surface area (Å²) in [4.78, 5) is 0. The first-order valence-corrected chi connectivity index (χ1v) is 9.82. The first kappa shape index (κ1) is 16.4. The molecule has 6 unspecified atom stereocenters. The van der Waals surface area contributed by atoms with Crippen LogP contribution in [0, 0.1) is 40.4 Å². The van der Waals surface area contributed by atoms with E-state index in [2.05, 4.69) is 20.8 Å². The minimum absolute atomic E-state index is 0.0144. The van der Waals surface area contributed by atoms with Gasteiger partial charge in [0.25, 0.3) is 0 Å². The van der Waals surface area contributed by atoms with E-state index in [4.69, 9.17) is 0 Å². The van der Waals surface area contributed by atoms with Crippen molar-refractivity contribution in [3.63, 3.8) is 0 Å². The molecule has 4 rings (SSSR count). The second-order valence-corrected chi connectivity index (χ2v) is 9.82. The maximum Gasteiger partial charge on any atom is 0.0602 e. The van der Waals surface area contributed by atoms with Crippen molar-refractivity contribution in [1.82, 2.24) is 0 Å². The second-order valence-electron chi connectivity index (χ2n) is 9.82. The fourth-order valence-corrected chi connectivity index (χ4v) is 7.48. The van der Waals surface area contributed by atoms with Crippen molar-refractivity contribution < 1.29 is 15.3 Å². The van der Waals surface area contributed by atoms with E-state index in [1.165, 1.54) is 6.42 Å². The summed E-state index contributed by atoms with van der Waals surface area (Å²) in [7, 11) is 0. The Balaban J connectivity index is 1.71. The molecule has 0 aromatic heterocycles. The van der Waals surface area contributed by atoms with Crippen molar-refractivity contribution in [2.24, 2.45) is 40.4 Å². The van der Waals surface area contributed by atoms with Crippen LogP contribution in [-0.2, 0) is 0 Å². The minimum Gasteiger partial charge on any atom is -0.393 e. The van der Waals surface area contributed by atoms with Gasteiger partial charge in [-0.2, -0.15) is 0 Å². The third kappa shape index (κ3) is 2.05. The fraction of sp³-hybridized carbons (Fsp3) is 1.00. The molecule has 3 nitrogen and oxygen atoms in total. The maximum absolute atomic E-state index is 11.1. The molecule has 10 atom stereocenters. The number of aliphatic hydroxyl groups excluding tert-OH is 3. The van der Waals surface area contributed by atoms with E-state index < -0.39 is 0 Å². The largest absolute Gasteiger partial charge is 0.393 e. The summed E-state index contributed by atoms with van der Waals surface area (Å²) in [5.74, 6) is 2.20. The SMILES string of the molecule is C[C@H]1CCC2C3C(C[C@H](O)C21C)C1(C)CC[C@@H](O)CC1C[C@H]3O. The lowest BCUT2D eigenvalue weighted by Gasteiger charge is -2.63. The molecule has 4 aliphatic rings. The van der Waals surface area contributed by atoms with Crippen LogP contribution in [-0.4, -0.2) is 33.6 Å². The highest BCUT2D eigenvalue weighted by Gasteiger charge is 2.64. The highest BCUT2D eigenvalue weighted by Crippen LogP contribution is 2.67. The van der Waals surface area contributed by atoms with Gasteiger partial charge in [0.15, 0.2) is 0 Å². The summed E-state index contributed by atoms with van der Waals surface area (Å²) in [6.45, 7) is 6.96. The van der Waals surface area contributed by atoms with E-state index in [0.717, 1.165) is 38.5 Å². The van der Waals surface area contributed by atoms with Crippen molar-refractivity contribution in [3.8, 4) is 0 Å². The van der Waals surface area contributed by atoms with Gasteiger partial charge in [0.2, 0.25) is 0 Å². The van der Waals surface area contributed by atoms with Gasteiger partial charge in [0, 0.05) is 0 Å². The molecule has 0 heterocycles. The summed E-state index contributed by atoms with van der Waals surface area (Å²) in [6.07, 6.45) is 6.16. The Hall–Kier alpha value is -0.120. The molecular weight excluding hydrogens is 288 g/mol. The lowest BCUT2D eigenvalue weighted by Crippen LogP contribution is -2.61.